The van der Waals surface area contributed by atoms with E-state index in [1.165, 1.54) is 20.5 Å². The van der Waals surface area contributed by atoms with Gasteiger partial charge < -0.3 is 14.2 Å². The van der Waals surface area contributed by atoms with E-state index >= 15 is 0 Å². The molecule has 1 fully saturated rings. The van der Waals surface area contributed by atoms with Crippen LogP contribution in [0.1, 0.15) is 25.0 Å². The highest BCUT2D eigenvalue weighted by molar-refractivity contribution is 9.25. The van der Waals surface area contributed by atoms with Gasteiger partial charge in [-0.25, -0.2) is 4.79 Å². The largest absolute Gasteiger partial charge is 0.503 e. The van der Waals surface area contributed by atoms with Crippen LogP contribution in [0.3, 0.4) is 0 Å². The van der Waals surface area contributed by atoms with Crippen LogP contribution in [-0.2, 0) is 30.4 Å². The van der Waals surface area contributed by atoms with Gasteiger partial charge in [0.05, 0.1) is 25.9 Å². The molecule has 2 atom stereocenters. The molecule has 0 amide bonds. The molecule has 1 aliphatic rings. The lowest BCUT2D eigenvalue weighted by atomic mass is 10.0. The number of ether oxygens (including phenoxy) is 3. The Morgan fingerprint density at radius 2 is 1.84 bits per heavy atom. The number of halogens is 2. The Labute approximate surface area is 164 Å². The van der Waals surface area contributed by atoms with Crippen molar-refractivity contribution in [3.05, 3.63) is 41.7 Å². The summed E-state index contributed by atoms with van der Waals surface area (Å²) in [6, 6.07) is 7.16. The fraction of sp³-hybridized carbons (Fsp3) is 0.444. The fourth-order valence-electron chi connectivity index (χ4n) is 2.70. The van der Waals surface area contributed by atoms with Gasteiger partial charge in [0, 0.05) is 5.92 Å². The van der Waals surface area contributed by atoms with Crippen molar-refractivity contribution < 1.29 is 23.8 Å². The van der Waals surface area contributed by atoms with E-state index in [1.54, 1.807) is 18.2 Å². The summed E-state index contributed by atoms with van der Waals surface area (Å²) >= 11 is 7.03. The molecule has 1 aliphatic carbocycles. The van der Waals surface area contributed by atoms with Gasteiger partial charge in [0.1, 0.15) is 15.4 Å². The Kier molecular flexibility index (Phi) is 5.99. The third-order valence-corrected chi connectivity index (χ3v) is 7.77. The first kappa shape index (κ1) is 20.0. The van der Waals surface area contributed by atoms with Gasteiger partial charge in [-0.15, -0.1) is 0 Å². The molecule has 1 aromatic carbocycles. The summed E-state index contributed by atoms with van der Waals surface area (Å²) in [6.07, 6.45) is 1.32. The van der Waals surface area contributed by atoms with Gasteiger partial charge in [-0.3, -0.25) is 4.79 Å². The summed E-state index contributed by atoms with van der Waals surface area (Å²) in [5.41, 5.74) is 0.909. The van der Waals surface area contributed by atoms with Crippen molar-refractivity contribution in [2.24, 2.45) is 11.3 Å². The molecule has 0 spiro atoms. The lowest BCUT2D eigenvalue weighted by Gasteiger charge is -2.15. The molecule has 136 valence electrons. The van der Waals surface area contributed by atoms with Crippen LogP contribution in [0.25, 0.3) is 5.57 Å². The van der Waals surface area contributed by atoms with Crippen LogP contribution in [-0.4, -0.2) is 29.4 Å². The number of carbonyl (C=O) groups excluding carboxylic acids is 2. The van der Waals surface area contributed by atoms with Gasteiger partial charge in [0.25, 0.3) is 0 Å². The standard InChI is InChI=1S/C18H20Br2O5/c1-11-17(2,18(11,19)20)16(22)25-9-12-7-5-6-8-13(12)14(10-23-3)15(21)24-4/h5-8,10-11H,9H2,1-4H3. The van der Waals surface area contributed by atoms with Gasteiger partial charge in [-0.05, 0) is 18.1 Å². The first-order chi connectivity index (χ1) is 11.7. The Morgan fingerprint density at radius 3 is 2.36 bits per heavy atom. The van der Waals surface area contributed by atoms with Gasteiger partial charge in [-0.1, -0.05) is 63.0 Å². The van der Waals surface area contributed by atoms with Gasteiger partial charge >= 0.3 is 11.9 Å². The summed E-state index contributed by atoms with van der Waals surface area (Å²) in [4.78, 5) is 24.5. The summed E-state index contributed by atoms with van der Waals surface area (Å²) in [5.74, 6) is -0.732. The minimum atomic E-state index is -0.643. The zero-order valence-corrected chi connectivity index (χ0v) is 17.6. The maximum Gasteiger partial charge on any atom is 0.341 e. The monoisotopic (exact) mass is 474 g/mol. The van der Waals surface area contributed by atoms with E-state index in [9.17, 15) is 9.59 Å². The normalized spacial score (nSPS) is 24.4. The number of hydrogen-bond acceptors (Lipinski definition) is 5. The summed E-state index contributed by atoms with van der Waals surface area (Å²) in [5, 5.41) is 0. The van der Waals surface area contributed by atoms with Gasteiger partial charge in [-0.2, -0.15) is 0 Å². The van der Waals surface area contributed by atoms with E-state index in [2.05, 4.69) is 31.9 Å². The second-order valence-corrected chi connectivity index (χ2v) is 9.60. The number of alkyl halides is 2. The highest BCUT2D eigenvalue weighted by atomic mass is 79.9. The van der Waals surface area contributed by atoms with E-state index in [-0.39, 0.29) is 24.1 Å². The Bertz CT molecular complexity index is 713. The van der Waals surface area contributed by atoms with E-state index in [0.717, 1.165) is 0 Å². The molecule has 0 heterocycles. The lowest BCUT2D eigenvalue weighted by molar-refractivity contribution is -0.151. The first-order valence-electron chi connectivity index (χ1n) is 7.66. The van der Waals surface area contributed by atoms with Crippen molar-refractivity contribution in [2.75, 3.05) is 14.2 Å². The molecule has 2 unspecified atom stereocenters. The summed E-state index contributed by atoms with van der Waals surface area (Å²) in [7, 11) is 2.75. The number of rotatable bonds is 6. The molecular formula is C18H20Br2O5. The van der Waals surface area contributed by atoms with Crippen molar-refractivity contribution in [1.29, 1.82) is 0 Å². The van der Waals surface area contributed by atoms with Crippen LogP contribution >= 0.6 is 31.9 Å². The Hall–Kier alpha value is -1.34. The second kappa shape index (κ2) is 7.50. The number of hydrogen-bond donors (Lipinski definition) is 0. The molecule has 0 aromatic heterocycles. The molecule has 0 N–H and O–H groups in total. The zero-order valence-electron chi connectivity index (χ0n) is 14.5. The van der Waals surface area contributed by atoms with Crippen LogP contribution in [0.2, 0.25) is 0 Å². The minimum absolute atomic E-state index is 0.0471. The van der Waals surface area contributed by atoms with Crippen molar-refractivity contribution in [1.82, 2.24) is 0 Å². The molecule has 1 saturated carbocycles. The van der Waals surface area contributed by atoms with E-state index < -0.39 is 14.6 Å². The molecule has 0 bridgehead atoms. The second-order valence-electron chi connectivity index (χ2n) is 6.04. The molecule has 5 nitrogen and oxygen atoms in total. The molecule has 7 heteroatoms. The molecule has 0 saturated heterocycles. The van der Waals surface area contributed by atoms with E-state index in [0.29, 0.717) is 11.1 Å². The SMILES string of the molecule is COC=C(C(=O)OC)c1ccccc1COC(=O)C1(C)C(C)C1(Br)Br. The molecule has 25 heavy (non-hydrogen) atoms. The maximum absolute atomic E-state index is 12.5. The van der Waals surface area contributed by atoms with Crippen molar-refractivity contribution in [3.8, 4) is 0 Å². The smallest absolute Gasteiger partial charge is 0.341 e. The van der Waals surface area contributed by atoms with Crippen LogP contribution in [0, 0.1) is 11.3 Å². The average molecular weight is 476 g/mol. The highest BCUT2D eigenvalue weighted by Crippen LogP contribution is 2.71. The van der Waals surface area contributed by atoms with Crippen molar-refractivity contribution >= 4 is 49.4 Å². The zero-order chi connectivity index (χ0) is 18.8. The predicted molar refractivity (Wildman–Crippen MR) is 101 cm³/mol. The van der Waals surface area contributed by atoms with Crippen molar-refractivity contribution in [3.63, 3.8) is 0 Å². The highest BCUT2D eigenvalue weighted by Gasteiger charge is 2.74. The summed E-state index contributed by atoms with van der Waals surface area (Å²) < 4.78 is 14.9. The Morgan fingerprint density at radius 1 is 1.24 bits per heavy atom. The molecule has 1 aromatic rings. The van der Waals surface area contributed by atoms with E-state index in [4.69, 9.17) is 14.2 Å². The quantitative estimate of drug-likeness (QED) is 0.269. The van der Waals surface area contributed by atoms with Gasteiger partial charge in [0.15, 0.2) is 0 Å². The van der Waals surface area contributed by atoms with Crippen LogP contribution < -0.4 is 0 Å². The predicted octanol–water partition coefficient (Wildman–Crippen LogP) is 4.03. The number of carbonyl (C=O) groups is 2. The topological polar surface area (TPSA) is 61.8 Å². The molecular weight excluding hydrogens is 456 g/mol. The fourth-order valence-corrected chi connectivity index (χ4v) is 4.40. The summed E-state index contributed by atoms with van der Waals surface area (Å²) in [6.45, 7) is 3.86. The van der Waals surface area contributed by atoms with E-state index in [1.807, 2.05) is 19.9 Å². The van der Waals surface area contributed by atoms with Crippen molar-refractivity contribution in [2.45, 2.75) is 23.7 Å². The Balaban J connectivity index is 2.21. The van der Waals surface area contributed by atoms with Crippen LogP contribution in [0.4, 0.5) is 0 Å². The average Bonchev–Trinajstić information content (AvgIpc) is 3.01. The number of methoxy groups -OCH3 is 2. The molecule has 2 rings (SSSR count). The van der Waals surface area contributed by atoms with Crippen LogP contribution in [0.5, 0.6) is 0 Å². The molecule has 0 radical (unpaired) electrons. The van der Waals surface area contributed by atoms with Gasteiger partial charge in [0.2, 0.25) is 0 Å². The lowest BCUT2D eigenvalue weighted by Crippen LogP contribution is -2.21. The molecule has 0 aliphatic heterocycles. The number of esters is 2. The maximum atomic E-state index is 12.5. The third-order valence-electron chi connectivity index (χ3n) is 4.75. The van der Waals surface area contributed by atoms with Crippen LogP contribution in [0.15, 0.2) is 30.5 Å². The first-order valence-corrected chi connectivity index (χ1v) is 9.25. The number of benzene rings is 1. The third kappa shape index (κ3) is 3.49. The minimum Gasteiger partial charge on any atom is -0.503 e.